The van der Waals surface area contributed by atoms with E-state index in [0.717, 1.165) is 30.7 Å². The normalized spacial score (nSPS) is 16.4. The number of hydrogen-bond acceptors (Lipinski definition) is 4. The largest absolute Gasteiger partial charge is 0.476 e. The zero-order valence-electron chi connectivity index (χ0n) is 13.7. The highest BCUT2D eigenvalue weighted by atomic mass is 16.6. The van der Waals surface area contributed by atoms with Crippen molar-refractivity contribution >= 4 is 17.9 Å². The number of hydrogen-bond donors (Lipinski definition) is 1. The fourth-order valence-corrected chi connectivity index (χ4v) is 3.22. The molecule has 7 nitrogen and oxygen atoms in total. The second kappa shape index (κ2) is 6.23. The molecule has 0 atom stereocenters. The van der Waals surface area contributed by atoms with Crippen molar-refractivity contribution in [2.75, 3.05) is 11.4 Å². The Balaban J connectivity index is 1.60. The number of carboxylic acids is 1. The van der Waals surface area contributed by atoms with Gasteiger partial charge in [0.05, 0.1) is 0 Å². The van der Waals surface area contributed by atoms with E-state index in [4.69, 9.17) is 4.74 Å². The Labute approximate surface area is 144 Å². The maximum Gasteiger partial charge on any atom is 0.415 e. The first kappa shape index (κ1) is 15.7. The first-order valence-electron chi connectivity index (χ1n) is 8.47. The molecule has 0 radical (unpaired) electrons. The van der Waals surface area contributed by atoms with Gasteiger partial charge in [-0.3, -0.25) is 4.90 Å². The summed E-state index contributed by atoms with van der Waals surface area (Å²) in [5.41, 5.74) is 0.830. The monoisotopic (exact) mass is 341 g/mol. The Bertz CT molecular complexity index is 811. The van der Waals surface area contributed by atoms with Gasteiger partial charge < -0.3 is 14.4 Å². The fourth-order valence-electron chi connectivity index (χ4n) is 3.22. The third-order valence-corrected chi connectivity index (χ3v) is 4.56. The van der Waals surface area contributed by atoms with E-state index in [-0.39, 0.29) is 12.3 Å². The smallest absolute Gasteiger partial charge is 0.415 e. The average Bonchev–Trinajstić information content (AvgIpc) is 3.40. The molecule has 1 aliphatic carbocycles. The molecule has 1 aromatic carbocycles. The Kier molecular flexibility index (Phi) is 3.91. The van der Waals surface area contributed by atoms with Crippen LogP contribution in [0.5, 0.6) is 0 Å². The Morgan fingerprint density at radius 2 is 1.96 bits per heavy atom. The third kappa shape index (κ3) is 2.97. The highest BCUT2D eigenvalue weighted by molar-refractivity contribution is 5.97. The lowest BCUT2D eigenvalue weighted by Crippen LogP contribution is -2.38. The van der Waals surface area contributed by atoms with Gasteiger partial charge in [-0.1, -0.05) is 30.3 Å². The van der Waals surface area contributed by atoms with Gasteiger partial charge in [0.2, 0.25) is 0 Å². The average molecular weight is 341 g/mol. The Hall–Kier alpha value is -2.83. The molecule has 2 heterocycles. The zero-order valence-corrected chi connectivity index (χ0v) is 13.7. The van der Waals surface area contributed by atoms with E-state index < -0.39 is 12.1 Å². The van der Waals surface area contributed by atoms with Crippen molar-refractivity contribution in [3.05, 3.63) is 47.4 Å². The lowest BCUT2D eigenvalue weighted by Gasteiger charge is -2.28. The van der Waals surface area contributed by atoms with Gasteiger partial charge in [0.15, 0.2) is 11.5 Å². The Morgan fingerprint density at radius 3 is 2.64 bits per heavy atom. The zero-order chi connectivity index (χ0) is 17.4. The van der Waals surface area contributed by atoms with Gasteiger partial charge in [0.25, 0.3) is 0 Å². The predicted molar refractivity (Wildman–Crippen MR) is 89.8 cm³/mol. The first-order chi connectivity index (χ1) is 12.1. The van der Waals surface area contributed by atoms with Crippen molar-refractivity contribution in [3.8, 4) is 0 Å². The molecule has 25 heavy (non-hydrogen) atoms. The molecule has 1 saturated carbocycles. The first-order valence-corrected chi connectivity index (χ1v) is 8.47. The summed E-state index contributed by atoms with van der Waals surface area (Å²) < 4.78 is 7.28. The number of nitrogens with zero attached hydrogens (tertiary/aromatic N) is 3. The van der Waals surface area contributed by atoms with E-state index >= 15 is 0 Å². The summed E-state index contributed by atoms with van der Waals surface area (Å²) in [5, 5.41) is 9.51. The van der Waals surface area contributed by atoms with Gasteiger partial charge in [0.1, 0.15) is 12.4 Å². The molecule has 7 heteroatoms. The van der Waals surface area contributed by atoms with Gasteiger partial charge in [-0.15, -0.1) is 0 Å². The minimum Gasteiger partial charge on any atom is -0.476 e. The Morgan fingerprint density at radius 1 is 1.20 bits per heavy atom. The summed E-state index contributed by atoms with van der Waals surface area (Å²) in [7, 11) is 0. The summed E-state index contributed by atoms with van der Waals surface area (Å²) in [5.74, 6) is 0.345. The molecule has 2 aliphatic rings. The van der Waals surface area contributed by atoms with Crippen molar-refractivity contribution in [3.63, 3.8) is 0 Å². The van der Waals surface area contributed by atoms with Crippen molar-refractivity contribution in [1.82, 2.24) is 9.55 Å². The highest BCUT2D eigenvalue weighted by Crippen LogP contribution is 2.42. The molecule has 1 N–H and O–H groups in total. The van der Waals surface area contributed by atoms with Gasteiger partial charge in [-0.25, -0.2) is 14.6 Å². The number of aromatic carboxylic acids is 1. The standard InChI is InChI=1S/C18H19N3O4/c22-17(23)14-16-20(15(19-14)13-7-8-13)9-4-10-21(16)18(24)25-11-12-5-2-1-3-6-12/h1-3,5-6,13H,4,7-11H2,(H,22,23). The number of anilines is 1. The highest BCUT2D eigenvalue weighted by Gasteiger charge is 2.38. The van der Waals surface area contributed by atoms with Crippen LogP contribution in [0.25, 0.3) is 0 Å². The van der Waals surface area contributed by atoms with E-state index in [1.807, 2.05) is 34.9 Å². The van der Waals surface area contributed by atoms with E-state index in [1.165, 1.54) is 4.90 Å². The molecule has 1 fully saturated rings. The number of carbonyl (C=O) groups excluding carboxylic acids is 1. The van der Waals surface area contributed by atoms with Crippen molar-refractivity contribution in [2.45, 2.75) is 38.3 Å². The summed E-state index contributed by atoms with van der Waals surface area (Å²) in [6.45, 7) is 1.27. The molecule has 4 rings (SSSR count). The number of aromatic nitrogens is 2. The lowest BCUT2D eigenvalue weighted by atomic mass is 10.2. The van der Waals surface area contributed by atoms with Crippen LogP contribution in [0.2, 0.25) is 0 Å². The van der Waals surface area contributed by atoms with Crippen LogP contribution in [0.1, 0.15) is 47.1 Å². The molecule has 0 unspecified atom stereocenters. The summed E-state index contributed by atoms with van der Waals surface area (Å²) in [6.07, 6.45) is 2.26. The topological polar surface area (TPSA) is 84.7 Å². The van der Waals surface area contributed by atoms with Crippen LogP contribution in [0.4, 0.5) is 10.6 Å². The molecule has 0 saturated heterocycles. The van der Waals surface area contributed by atoms with Crippen LogP contribution < -0.4 is 4.90 Å². The van der Waals surface area contributed by atoms with Crippen LogP contribution in [-0.4, -0.2) is 33.3 Å². The maximum atomic E-state index is 12.6. The van der Waals surface area contributed by atoms with E-state index in [0.29, 0.717) is 24.8 Å². The van der Waals surface area contributed by atoms with Crippen LogP contribution in [-0.2, 0) is 17.9 Å². The van der Waals surface area contributed by atoms with Crippen molar-refractivity contribution < 1.29 is 19.4 Å². The summed E-state index contributed by atoms with van der Waals surface area (Å²) in [6, 6.07) is 9.41. The molecular formula is C18H19N3O4. The SMILES string of the molecule is O=C(O)c1nc(C2CC2)n2c1N(C(=O)OCc1ccccc1)CCC2. The van der Waals surface area contributed by atoms with Gasteiger partial charge in [-0.2, -0.15) is 0 Å². The molecule has 2 aromatic rings. The molecule has 130 valence electrons. The van der Waals surface area contributed by atoms with E-state index in [1.54, 1.807) is 0 Å². The number of fused-ring (bicyclic) bond motifs is 1. The number of carbonyl (C=O) groups is 2. The number of carboxylic acid groups (broad SMARTS) is 1. The molecular weight excluding hydrogens is 322 g/mol. The van der Waals surface area contributed by atoms with Crippen molar-refractivity contribution in [1.29, 1.82) is 0 Å². The number of rotatable bonds is 4. The molecule has 1 amide bonds. The van der Waals surface area contributed by atoms with Crippen LogP contribution in [0.15, 0.2) is 30.3 Å². The van der Waals surface area contributed by atoms with Crippen LogP contribution >= 0.6 is 0 Å². The number of amides is 1. The molecule has 1 aliphatic heterocycles. The minimum absolute atomic E-state index is 0.0572. The van der Waals surface area contributed by atoms with Gasteiger partial charge >= 0.3 is 12.1 Å². The molecule has 0 spiro atoms. The van der Waals surface area contributed by atoms with Crippen LogP contribution in [0, 0.1) is 0 Å². The van der Waals surface area contributed by atoms with E-state index in [9.17, 15) is 14.7 Å². The number of benzene rings is 1. The van der Waals surface area contributed by atoms with Gasteiger partial charge in [0, 0.05) is 19.0 Å². The lowest BCUT2D eigenvalue weighted by molar-refractivity contribution is 0.0691. The second-order valence-electron chi connectivity index (χ2n) is 6.42. The van der Waals surface area contributed by atoms with Crippen LogP contribution in [0.3, 0.4) is 0 Å². The predicted octanol–water partition coefficient (Wildman–Crippen LogP) is 3.01. The molecule has 0 bridgehead atoms. The minimum atomic E-state index is -1.11. The van der Waals surface area contributed by atoms with Crippen molar-refractivity contribution in [2.24, 2.45) is 0 Å². The third-order valence-electron chi connectivity index (χ3n) is 4.56. The quantitative estimate of drug-likeness (QED) is 0.924. The fraction of sp³-hybridized carbons (Fsp3) is 0.389. The summed E-state index contributed by atoms with van der Waals surface area (Å²) in [4.78, 5) is 29.9. The van der Waals surface area contributed by atoms with Gasteiger partial charge in [-0.05, 0) is 24.8 Å². The second-order valence-corrected chi connectivity index (χ2v) is 6.42. The number of imidazole rings is 1. The number of ether oxygens (including phenoxy) is 1. The maximum absolute atomic E-state index is 12.6. The van der Waals surface area contributed by atoms with E-state index in [2.05, 4.69) is 4.98 Å². The summed E-state index contributed by atoms with van der Waals surface area (Å²) >= 11 is 0. The molecule has 1 aromatic heterocycles.